The number of ketones is 1. The first-order valence-corrected chi connectivity index (χ1v) is 9.33. The van der Waals surface area contributed by atoms with Crippen LogP contribution in [-0.2, 0) is 4.57 Å². The number of rotatable bonds is 5. The first kappa shape index (κ1) is 14.7. The molecular formula is C17H19O2P. The topological polar surface area (TPSA) is 34.1 Å². The number of benzene rings is 2. The molecule has 0 aliphatic carbocycles. The third-order valence-corrected chi connectivity index (χ3v) is 5.39. The quantitative estimate of drug-likeness (QED) is 0.593. The molecule has 0 saturated carbocycles. The van der Waals surface area contributed by atoms with Gasteiger partial charge in [-0.25, -0.2) is 0 Å². The zero-order valence-electron chi connectivity index (χ0n) is 11.8. The van der Waals surface area contributed by atoms with E-state index < -0.39 is 7.14 Å². The van der Waals surface area contributed by atoms with Gasteiger partial charge in [0.15, 0.2) is 5.78 Å². The van der Waals surface area contributed by atoms with Crippen LogP contribution in [0.2, 0.25) is 0 Å². The molecule has 0 amide bonds. The second-order valence-electron chi connectivity index (χ2n) is 5.35. The Morgan fingerprint density at radius 1 is 0.950 bits per heavy atom. The van der Waals surface area contributed by atoms with Gasteiger partial charge in [0.25, 0.3) is 0 Å². The maximum Gasteiger partial charge on any atom is 0.163 e. The molecule has 0 fully saturated rings. The Morgan fingerprint density at radius 3 is 1.95 bits per heavy atom. The van der Waals surface area contributed by atoms with E-state index >= 15 is 0 Å². The number of carbonyl (C=O) groups is 1. The number of carbonyl (C=O) groups excluding carboxylic acids is 1. The second-order valence-corrected chi connectivity index (χ2v) is 8.85. The van der Waals surface area contributed by atoms with Gasteiger partial charge in [-0.1, -0.05) is 60.7 Å². The number of hydrogen-bond donors (Lipinski definition) is 0. The van der Waals surface area contributed by atoms with Gasteiger partial charge >= 0.3 is 0 Å². The Labute approximate surface area is 120 Å². The van der Waals surface area contributed by atoms with Gasteiger partial charge in [-0.05, 0) is 18.9 Å². The van der Waals surface area contributed by atoms with E-state index in [0.717, 1.165) is 5.56 Å². The van der Waals surface area contributed by atoms with Crippen LogP contribution in [0.5, 0.6) is 0 Å². The minimum absolute atomic E-state index is 0.0448. The molecule has 1 atom stereocenters. The minimum atomic E-state index is -2.39. The highest BCUT2D eigenvalue weighted by atomic mass is 31.2. The molecule has 0 spiro atoms. The number of Topliss-reactive ketones (excluding diaryl/α,β-unsaturated/α-hetero) is 1. The van der Waals surface area contributed by atoms with Gasteiger partial charge in [0.1, 0.15) is 0 Å². The van der Waals surface area contributed by atoms with Gasteiger partial charge < -0.3 is 4.57 Å². The average Bonchev–Trinajstić information content (AvgIpc) is 2.45. The fourth-order valence-electron chi connectivity index (χ4n) is 2.29. The third kappa shape index (κ3) is 3.68. The SMILES string of the molecule is CP(C)(=O)C(CC(=O)c1ccccc1)c1ccccc1. The van der Waals surface area contributed by atoms with Crippen molar-refractivity contribution in [3.63, 3.8) is 0 Å². The molecule has 0 aliphatic rings. The summed E-state index contributed by atoms with van der Waals surface area (Å²) in [7, 11) is -2.39. The highest BCUT2D eigenvalue weighted by molar-refractivity contribution is 7.62. The Kier molecular flexibility index (Phi) is 4.57. The molecule has 0 aliphatic heterocycles. The summed E-state index contributed by atoms with van der Waals surface area (Å²) in [5.74, 6) is 0.0448. The number of hydrogen-bond acceptors (Lipinski definition) is 2. The fourth-order valence-corrected chi connectivity index (χ4v) is 3.79. The van der Waals surface area contributed by atoms with E-state index in [-0.39, 0.29) is 17.9 Å². The summed E-state index contributed by atoms with van der Waals surface area (Å²) in [6.45, 7) is 3.51. The van der Waals surface area contributed by atoms with E-state index in [0.29, 0.717) is 5.56 Å². The van der Waals surface area contributed by atoms with Crippen molar-refractivity contribution in [1.82, 2.24) is 0 Å². The lowest BCUT2D eigenvalue weighted by Crippen LogP contribution is -2.08. The lowest BCUT2D eigenvalue weighted by atomic mass is 10.0. The molecule has 2 aromatic rings. The van der Waals surface area contributed by atoms with Gasteiger partial charge in [0.05, 0.1) is 7.14 Å². The highest BCUT2D eigenvalue weighted by Gasteiger charge is 2.27. The normalized spacial score (nSPS) is 12.9. The lowest BCUT2D eigenvalue weighted by Gasteiger charge is -2.21. The van der Waals surface area contributed by atoms with Crippen LogP contribution in [0.25, 0.3) is 0 Å². The summed E-state index contributed by atoms with van der Waals surface area (Å²) in [4.78, 5) is 12.4. The van der Waals surface area contributed by atoms with Gasteiger partial charge in [0.2, 0.25) is 0 Å². The summed E-state index contributed by atoms with van der Waals surface area (Å²) in [6.07, 6.45) is 0.290. The van der Waals surface area contributed by atoms with Crippen molar-refractivity contribution in [3.05, 3.63) is 71.8 Å². The van der Waals surface area contributed by atoms with Crippen molar-refractivity contribution >= 4 is 12.9 Å². The molecule has 1 unspecified atom stereocenters. The average molecular weight is 286 g/mol. The van der Waals surface area contributed by atoms with Gasteiger partial charge in [-0.3, -0.25) is 4.79 Å². The van der Waals surface area contributed by atoms with Crippen molar-refractivity contribution in [2.45, 2.75) is 12.1 Å². The van der Waals surface area contributed by atoms with Crippen molar-refractivity contribution in [2.24, 2.45) is 0 Å². The second kappa shape index (κ2) is 6.19. The smallest absolute Gasteiger partial charge is 0.163 e. The van der Waals surface area contributed by atoms with Crippen LogP contribution in [0.3, 0.4) is 0 Å². The summed E-state index contributed by atoms with van der Waals surface area (Å²) in [6, 6.07) is 18.9. The van der Waals surface area contributed by atoms with Crippen LogP contribution >= 0.6 is 7.14 Å². The maximum absolute atomic E-state index is 12.5. The van der Waals surface area contributed by atoms with Gasteiger partial charge in [0, 0.05) is 17.6 Å². The summed E-state index contributed by atoms with van der Waals surface area (Å²) < 4.78 is 12.5. The van der Waals surface area contributed by atoms with E-state index in [2.05, 4.69) is 0 Å². The van der Waals surface area contributed by atoms with E-state index in [1.54, 1.807) is 25.5 Å². The molecule has 3 heteroatoms. The minimum Gasteiger partial charge on any atom is -0.323 e. The zero-order chi connectivity index (χ0) is 14.6. The molecule has 0 heterocycles. The Balaban J connectivity index is 2.27. The van der Waals surface area contributed by atoms with Crippen LogP contribution in [0.1, 0.15) is 28.0 Å². The van der Waals surface area contributed by atoms with E-state index in [4.69, 9.17) is 0 Å². The molecule has 104 valence electrons. The molecule has 2 rings (SSSR count). The largest absolute Gasteiger partial charge is 0.323 e. The summed E-state index contributed by atoms with van der Waals surface area (Å²) in [5, 5.41) is 0. The van der Waals surface area contributed by atoms with Crippen molar-refractivity contribution < 1.29 is 9.36 Å². The molecule has 2 nitrogen and oxygen atoms in total. The highest BCUT2D eigenvalue weighted by Crippen LogP contribution is 2.54. The third-order valence-electron chi connectivity index (χ3n) is 3.41. The van der Waals surface area contributed by atoms with Crippen LogP contribution in [0, 0.1) is 0 Å². The fraction of sp³-hybridized carbons (Fsp3) is 0.235. The molecule has 2 aromatic carbocycles. The Bertz CT molecular complexity index is 614. The molecule has 0 saturated heterocycles. The molecule has 0 bridgehead atoms. The molecular weight excluding hydrogens is 267 g/mol. The standard InChI is InChI=1S/C17H19O2P/c1-20(2,19)17(15-11-7-4-8-12-15)13-16(18)14-9-5-3-6-10-14/h3-12,17H,13H2,1-2H3. The lowest BCUT2D eigenvalue weighted by molar-refractivity contribution is 0.0980. The van der Waals surface area contributed by atoms with Crippen molar-refractivity contribution in [3.8, 4) is 0 Å². The van der Waals surface area contributed by atoms with Crippen LogP contribution < -0.4 is 0 Å². The predicted molar refractivity (Wildman–Crippen MR) is 84.0 cm³/mol. The monoisotopic (exact) mass is 286 g/mol. The maximum atomic E-state index is 12.5. The van der Waals surface area contributed by atoms with Gasteiger partial charge in [-0.2, -0.15) is 0 Å². The summed E-state index contributed by atoms with van der Waals surface area (Å²) in [5.41, 5.74) is 1.45. The zero-order valence-corrected chi connectivity index (χ0v) is 12.7. The summed E-state index contributed by atoms with van der Waals surface area (Å²) >= 11 is 0. The van der Waals surface area contributed by atoms with Crippen LogP contribution in [0.4, 0.5) is 0 Å². The predicted octanol–water partition coefficient (Wildman–Crippen LogP) is 4.62. The van der Waals surface area contributed by atoms with Crippen molar-refractivity contribution in [2.75, 3.05) is 13.3 Å². The molecule has 20 heavy (non-hydrogen) atoms. The van der Waals surface area contributed by atoms with Gasteiger partial charge in [-0.15, -0.1) is 0 Å². The first-order valence-electron chi connectivity index (χ1n) is 6.66. The first-order chi connectivity index (χ1) is 9.48. The van der Waals surface area contributed by atoms with E-state index in [9.17, 15) is 9.36 Å². The Morgan fingerprint density at radius 2 is 1.45 bits per heavy atom. The van der Waals surface area contributed by atoms with Crippen LogP contribution in [0.15, 0.2) is 60.7 Å². The van der Waals surface area contributed by atoms with Crippen molar-refractivity contribution in [1.29, 1.82) is 0 Å². The van der Waals surface area contributed by atoms with E-state index in [1.807, 2.05) is 48.5 Å². The van der Waals surface area contributed by atoms with Crippen LogP contribution in [-0.4, -0.2) is 19.1 Å². The van der Waals surface area contributed by atoms with E-state index in [1.165, 1.54) is 0 Å². The molecule has 0 radical (unpaired) electrons. The molecule has 0 aromatic heterocycles. The Hall–Kier alpha value is -1.66. The molecule has 0 N–H and O–H groups in total.